The first-order valence-electron chi connectivity index (χ1n) is 5.81. The van der Waals surface area contributed by atoms with Crippen molar-refractivity contribution >= 4 is 11.9 Å². The predicted octanol–water partition coefficient (Wildman–Crippen LogP) is 1.83. The lowest BCUT2D eigenvalue weighted by Gasteiger charge is -2.25. The van der Waals surface area contributed by atoms with Gasteiger partial charge in [0.2, 0.25) is 0 Å². The Kier molecular flexibility index (Phi) is 2.48. The maximum Gasteiger partial charge on any atom is 0.410 e. The van der Waals surface area contributed by atoms with Crippen LogP contribution in [0.3, 0.4) is 0 Å². The second-order valence-electron chi connectivity index (χ2n) is 5.75. The summed E-state index contributed by atoms with van der Waals surface area (Å²) < 4.78 is 5.32. The molecule has 1 aliphatic carbocycles. The summed E-state index contributed by atoms with van der Waals surface area (Å²) in [5, 5.41) is 0. The van der Waals surface area contributed by atoms with Gasteiger partial charge < -0.3 is 9.64 Å². The van der Waals surface area contributed by atoms with E-state index in [2.05, 4.69) is 0 Å². The molecule has 0 spiro atoms. The van der Waals surface area contributed by atoms with Crippen LogP contribution in [-0.2, 0) is 9.53 Å². The van der Waals surface area contributed by atoms with E-state index in [0.717, 1.165) is 13.0 Å². The van der Waals surface area contributed by atoms with Crippen molar-refractivity contribution in [1.82, 2.24) is 4.90 Å². The Hall–Kier alpha value is -1.06. The van der Waals surface area contributed by atoms with Crippen LogP contribution in [0.5, 0.6) is 0 Å². The van der Waals surface area contributed by atoms with E-state index in [4.69, 9.17) is 4.74 Å². The molecule has 1 saturated carbocycles. The third-order valence-electron chi connectivity index (χ3n) is 3.29. The van der Waals surface area contributed by atoms with Crippen LogP contribution in [-0.4, -0.2) is 35.0 Å². The predicted molar refractivity (Wildman–Crippen MR) is 59.0 cm³/mol. The van der Waals surface area contributed by atoms with Gasteiger partial charge >= 0.3 is 6.09 Å². The van der Waals surface area contributed by atoms with Crippen molar-refractivity contribution < 1.29 is 14.3 Å². The lowest BCUT2D eigenvalue weighted by molar-refractivity contribution is -0.119. The molecule has 3 atom stereocenters. The van der Waals surface area contributed by atoms with Crippen LogP contribution in [0.2, 0.25) is 0 Å². The van der Waals surface area contributed by atoms with Crippen molar-refractivity contribution in [2.45, 2.75) is 45.8 Å². The van der Waals surface area contributed by atoms with Gasteiger partial charge in [0.15, 0.2) is 0 Å². The fourth-order valence-electron chi connectivity index (χ4n) is 2.64. The smallest absolute Gasteiger partial charge is 0.410 e. The van der Waals surface area contributed by atoms with Gasteiger partial charge in [-0.05, 0) is 40.0 Å². The van der Waals surface area contributed by atoms with E-state index in [1.807, 2.05) is 20.8 Å². The molecule has 2 aliphatic rings. The Labute approximate surface area is 95.9 Å². The van der Waals surface area contributed by atoms with E-state index in [9.17, 15) is 9.59 Å². The molecule has 0 N–H and O–H groups in total. The summed E-state index contributed by atoms with van der Waals surface area (Å²) in [6.07, 6.45) is 0.664. The molecule has 2 rings (SSSR count). The van der Waals surface area contributed by atoms with E-state index in [1.165, 1.54) is 0 Å². The highest BCUT2D eigenvalue weighted by Gasteiger charge is 2.61. The molecule has 1 heterocycles. The van der Waals surface area contributed by atoms with E-state index in [-0.39, 0.29) is 23.8 Å². The van der Waals surface area contributed by atoms with Gasteiger partial charge in [-0.1, -0.05) is 0 Å². The number of carbonyl (C=O) groups is 2. The molecule has 2 fully saturated rings. The standard InChI is InChI=1S/C12H19NO3/c1-7(14)9-8-5-6-13(10(8)9)11(15)16-12(2,3)4/h8-10H,5-6H2,1-4H3/t8-,9?,10-/m1/s1. The summed E-state index contributed by atoms with van der Waals surface area (Å²) in [5.41, 5.74) is -0.463. The number of carbonyl (C=O) groups excluding carboxylic acids is 2. The number of piperidine rings is 1. The lowest BCUT2D eigenvalue weighted by atomic mass is 10.2. The molecular formula is C12H19NO3. The van der Waals surface area contributed by atoms with Gasteiger partial charge in [0, 0.05) is 18.5 Å². The van der Waals surface area contributed by atoms with Crippen LogP contribution >= 0.6 is 0 Å². The number of ether oxygens (including phenoxy) is 1. The molecule has 1 unspecified atom stereocenters. The number of likely N-dealkylation sites (tertiary alicyclic amines) is 1. The molecule has 0 aromatic rings. The second-order valence-corrected chi connectivity index (χ2v) is 5.75. The number of fused-ring (bicyclic) bond motifs is 1. The molecule has 0 aromatic carbocycles. The van der Waals surface area contributed by atoms with E-state index < -0.39 is 5.60 Å². The van der Waals surface area contributed by atoms with Gasteiger partial charge in [-0.25, -0.2) is 4.79 Å². The summed E-state index contributed by atoms with van der Waals surface area (Å²) in [6.45, 7) is 7.90. The van der Waals surface area contributed by atoms with Gasteiger partial charge in [-0.15, -0.1) is 0 Å². The lowest BCUT2D eigenvalue weighted by Crippen LogP contribution is -2.38. The molecule has 4 nitrogen and oxygen atoms in total. The number of rotatable bonds is 1. The number of hydrogen-bond donors (Lipinski definition) is 0. The molecule has 0 aromatic heterocycles. The summed E-state index contributed by atoms with van der Waals surface area (Å²) in [6, 6.07) is 0.118. The SMILES string of the molecule is CC(=O)C1[C@H]2CCN(C(=O)OC(C)(C)C)[C@@H]12. The zero-order chi connectivity index (χ0) is 12.1. The van der Waals surface area contributed by atoms with Crippen LogP contribution in [0.15, 0.2) is 0 Å². The van der Waals surface area contributed by atoms with Crippen molar-refractivity contribution in [3.63, 3.8) is 0 Å². The minimum atomic E-state index is -0.463. The molecular weight excluding hydrogens is 206 g/mol. The number of Topliss-reactive ketones (excluding diaryl/α,β-unsaturated/α-hetero) is 1. The topological polar surface area (TPSA) is 46.6 Å². The third kappa shape index (κ3) is 1.93. The Morgan fingerprint density at radius 1 is 1.31 bits per heavy atom. The second kappa shape index (κ2) is 3.47. The minimum absolute atomic E-state index is 0.0706. The Balaban J connectivity index is 1.97. The quantitative estimate of drug-likeness (QED) is 0.684. The average Bonchev–Trinajstić information content (AvgIpc) is 2.64. The molecule has 16 heavy (non-hydrogen) atoms. The zero-order valence-electron chi connectivity index (χ0n) is 10.3. The number of hydrogen-bond acceptors (Lipinski definition) is 3. The average molecular weight is 225 g/mol. The monoisotopic (exact) mass is 225 g/mol. The van der Waals surface area contributed by atoms with Crippen molar-refractivity contribution in [2.75, 3.05) is 6.54 Å². The normalized spacial score (nSPS) is 32.2. The molecule has 90 valence electrons. The highest BCUT2D eigenvalue weighted by atomic mass is 16.6. The largest absolute Gasteiger partial charge is 0.444 e. The van der Waals surface area contributed by atoms with Gasteiger partial charge in [0.1, 0.15) is 11.4 Å². The Bertz CT molecular complexity index is 332. The molecule has 0 bridgehead atoms. The number of ketones is 1. The van der Waals surface area contributed by atoms with Crippen LogP contribution in [0.25, 0.3) is 0 Å². The first-order chi connectivity index (χ1) is 7.31. The zero-order valence-corrected chi connectivity index (χ0v) is 10.3. The maximum atomic E-state index is 11.9. The Morgan fingerprint density at radius 2 is 1.94 bits per heavy atom. The highest BCUT2D eigenvalue weighted by molar-refractivity contribution is 5.84. The van der Waals surface area contributed by atoms with Gasteiger partial charge in [0.25, 0.3) is 0 Å². The first kappa shape index (κ1) is 11.4. The van der Waals surface area contributed by atoms with E-state index in [1.54, 1.807) is 11.8 Å². The van der Waals surface area contributed by atoms with Crippen LogP contribution in [0.4, 0.5) is 4.79 Å². The van der Waals surface area contributed by atoms with E-state index >= 15 is 0 Å². The van der Waals surface area contributed by atoms with Crippen LogP contribution in [0.1, 0.15) is 34.1 Å². The van der Waals surface area contributed by atoms with Crippen molar-refractivity contribution in [3.05, 3.63) is 0 Å². The van der Waals surface area contributed by atoms with Crippen LogP contribution < -0.4 is 0 Å². The van der Waals surface area contributed by atoms with Gasteiger partial charge in [-0.2, -0.15) is 0 Å². The van der Waals surface area contributed by atoms with Gasteiger partial charge in [-0.3, -0.25) is 4.79 Å². The highest BCUT2D eigenvalue weighted by Crippen LogP contribution is 2.51. The maximum absolute atomic E-state index is 11.9. The minimum Gasteiger partial charge on any atom is -0.444 e. The molecule has 1 aliphatic heterocycles. The number of amides is 1. The molecule has 4 heteroatoms. The first-order valence-corrected chi connectivity index (χ1v) is 5.81. The summed E-state index contributed by atoms with van der Waals surface area (Å²) >= 11 is 0. The molecule has 1 saturated heterocycles. The van der Waals surface area contributed by atoms with Crippen molar-refractivity contribution in [2.24, 2.45) is 11.8 Å². The van der Waals surface area contributed by atoms with Crippen molar-refractivity contribution in [1.29, 1.82) is 0 Å². The van der Waals surface area contributed by atoms with E-state index in [0.29, 0.717) is 5.92 Å². The molecule has 1 amide bonds. The van der Waals surface area contributed by atoms with Gasteiger partial charge in [0.05, 0.1) is 0 Å². The summed E-state index contributed by atoms with van der Waals surface area (Å²) in [7, 11) is 0. The third-order valence-corrected chi connectivity index (χ3v) is 3.29. The fraction of sp³-hybridized carbons (Fsp3) is 0.833. The summed E-state index contributed by atoms with van der Waals surface area (Å²) in [5.74, 6) is 0.662. The molecule has 0 radical (unpaired) electrons. The van der Waals surface area contributed by atoms with Crippen LogP contribution in [0, 0.1) is 11.8 Å². The van der Waals surface area contributed by atoms with Crippen molar-refractivity contribution in [3.8, 4) is 0 Å². The Morgan fingerprint density at radius 3 is 2.38 bits per heavy atom. The number of nitrogens with zero attached hydrogens (tertiary/aromatic N) is 1. The fourth-order valence-corrected chi connectivity index (χ4v) is 2.64. The summed E-state index contributed by atoms with van der Waals surface area (Å²) in [4.78, 5) is 24.9.